The van der Waals surface area contributed by atoms with Gasteiger partial charge in [0.2, 0.25) is 0 Å². The smallest absolute Gasteiger partial charge is 0.315 e. The van der Waals surface area contributed by atoms with Crippen LogP contribution in [0, 0.1) is 45.8 Å². The van der Waals surface area contributed by atoms with Gasteiger partial charge in [-0.15, -0.1) is 0 Å². The summed E-state index contributed by atoms with van der Waals surface area (Å²) < 4.78 is 6.32. The molecule has 3 unspecified atom stereocenters. The molecule has 4 aliphatic carbocycles. The van der Waals surface area contributed by atoms with E-state index in [1.807, 2.05) is 0 Å². The normalized spacial score (nSPS) is 42.7. The minimum Gasteiger partial charge on any atom is -0.481 e. The molecule has 4 aliphatic rings. The minimum atomic E-state index is -1.09. The number of carbonyl (C=O) groups excluding carboxylic acids is 1. The summed E-state index contributed by atoms with van der Waals surface area (Å²) in [7, 11) is 0. The second-order valence-electron chi connectivity index (χ2n) is 11.5. The van der Waals surface area contributed by atoms with Gasteiger partial charge in [-0.25, -0.2) is 0 Å². The van der Waals surface area contributed by atoms with E-state index < -0.39 is 22.2 Å². The van der Waals surface area contributed by atoms with Gasteiger partial charge in [0, 0.05) is 12.0 Å². The monoisotopic (exact) mass is 430 g/mol. The first-order valence-electron chi connectivity index (χ1n) is 12.8. The fraction of sp³-hybridized carbons (Fsp3) is 0.852. The Bertz CT molecular complexity index is 742. The van der Waals surface area contributed by atoms with Crippen molar-refractivity contribution >= 4 is 12.3 Å². The van der Waals surface area contributed by atoms with E-state index in [-0.39, 0.29) is 17.8 Å². The molecule has 0 aromatic heterocycles. The molecule has 1 N–H and O–H groups in total. The van der Waals surface area contributed by atoms with Gasteiger partial charge < -0.3 is 14.6 Å². The summed E-state index contributed by atoms with van der Waals surface area (Å²) in [5.41, 5.74) is -1.32. The second-order valence-corrected chi connectivity index (χ2v) is 11.5. The lowest BCUT2D eigenvalue weighted by Gasteiger charge is -2.58. The molecule has 0 amide bonds. The molecule has 3 fully saturated rings. The number of ether oxygens (including phenoxy) is 1. The van der Waals surface area contributed by atoms with Crippen LogP contribution in [-0.4, -0.2) is 30.6 Å². The van der Waals surface area contributed by atoms with Crippen molar-refractivity contribution < 1.29 is 19.4 Å². The molecule has 4 bridgehead atoms. The largest absolute Gasteiger partial charge is 0.481 e. The summed E-state index contributed by atoms with van der Waals surface area (Å²) in [5.74, 6) is 0.697. The van der Waals surface area contributed by atoms with Gasteiger partial charge in [-0.2, -0.15) is 0 Å². The number of carbonyl (C=O) groups is 2. The highest BCUT2D eigenvalue weighted by Gasteiger charge is 2.84. The average Bonchev–Trinajstić information content (AvgIpc) is 3.30. The predicted molar refractivity (Wildman–Crippen MR) is 122 cm³/mol. The highest BCUT2D eigenvalue weighted by Crippen LogP contribution is 2.82. The SMILES string of the molecule is CCCCCCCOC[C@@]12CC3C(C)CCC3[C@@]3(C=O)C[C@@H]1C=C(C(C)C)[C@]23C(=O)O. The topological polar surface area (TPSA) is 63.6 Å². The molecule has 4 heteroatoms. The first-order chi connectivity index (χ1) is 14.8. The lowest BCUT2D eigenvalue weighted by molar-refractivity contribution is -0.186. The summed E-state index contributed by atoms with van der Waals surface area (Å²) >= 11 is 0. The van der Waals surface area contributed by atoms with E-state index in [2.05, 4.69) is 33.8 Å². The van der Waals surface area contributed by atoms with Crippen molar-refractivity contribution in [2.24, 2.45) is 45.8 Å². The van der Waals surface area contributed by atoms with E-state index in [9.17, 15) is 14.7 Å². The fourth-order valence-electron chi connectivity index (χ4n) is 8.70. The maximum absolute atomic E-state index is 13.3. The maximum Gasteiger partial charge on any atom is 0.315 e. The number of aliphatic carboxylic acids is 1. The van der Waals surface area contributed by atoms with Crippen molar-refractivity contribution in [3.05, 3.63) is 11.6 Å². The first-order valence-corrected chi connectivity index (χ1v) is 12.8. The Morgan fingerprint density at radius 2 is 1.97 bits per heavy atom. The Morgan fingerprint density at radius 3 is 2.61 bits per heavy atom. The third-order valence-electron chi connectivity index (χ3n) is 9.87. The van der Waals surface area contributed by atoms with Crippen LogP contribution in [0.4, 0.5) is 0 Å². The Balaban J connectivity index is 1.69. The molecule has 7 atom stereocenters. The van der Waals surface area contributed by atoms with Crippen LogP contribution < -0.4 is 0 Å². The lowest BCUT2D eigenvalue weighted by atomic mass is 9.43. The molecule has 0 aromatic carbocycles. The molecule has 0 heterocycles. The molecule has 31 heavy (non-hydrogen) atoms. The average molecular weight is 431 g/mol. The molecular weight excluding hydrogens is 388 g/mol. The van der Waals surface area contributed by atoms with E-state index in [4.69, 9.17) is 4.74 Å². The Morgan fingerprint density at radius 1 is 1.23 bits per heavy atom. The number of hydrogen-bond acceptors (Lipinski definition) is 3. The molecule has 174 valence electrons. The van der Waals surface area contributed by atoms with Crippen molar-refractivity contribution in [3.8, 4) is 0 Å². The Hall–Kier alpha value is -1.16. The summed E-state index contributed by atoms with van der Waals surface area (Å²) in [6.07, 6.45) is 13.0. The van der Waals surface area contributed by atoms with Crippen LogP contribution in [0.25, 0.3) is 0 Å². The zero-order valence-electron chi connectivity index (χ0n) is 20.0. The minimum absolute atomic E-state index is 0.129. The molecule has 3 saturated carbocycles. The van der Waals surface area contributed by atoms with Gasteiger partial charge in [-0.1, -0.05) is 71.4 Å². The third kappa shape index (κ3) is 2.89. The molecule has 4 rings (SSSR count). The van der Waals surface area contributed by atoms with E-state index >= 15 is 0 Å². The summed E-state index contributed by atoms with van der Waals surface area (Å²) in [6, 6.07) is 0. The summed E-state index contributed by atoms with van der Waals surface area (Å²) in [6.45, 7) is 9.90. The zero-order chi connectivity index (χ0) is 22.4. The molecule has 4 nitrogen and oxygen atoms in total. The van der Waals surface area contributed by atoms with Gasteiger partial charge in [0.15, 0.2) is 0 Å². The number of hydrogen-bond donors (Lipinski definition) is 1. The second kappa shape index (κ2) is 8.32. The fourth-order valence-corrected chi connectivity index (χ4v) is 8.70. The van der Waals surface area contributed by atoms with Gasteiger partial charge in [0.25, 0.3) is 0 Å². The van der Waals surface area contributed by atoms with Gasteiger partial charge in [-0.3, -0.25) is 4.79 Å². The van der Waals surface area contributed by atoms with E-state index in [0.717, 1.165) is 37.5 Å². The number of unbranched alkanes of at least 4 members (excludes halogenated alkanes) is 4. The van der Waals surface area contributed by atoms with E-state index in [0.29, 0.717) is 31.5 Å². The van der Waals surface area contributed by atoms with Crippen LogP contribution in [0.3, 0.4) is 0 Å². The summed E-state index contributed by atoms with van der Waals surface area (Å²) in [4.78, 5) is 26.2. The van der Waals surface area contributed by atoms with Crippen molar-refractivity contribution in [3.63, 3.8) is 0 Å². The van der Waals surface area contributed by atoms with Crippen molar-refractivity contribution in [1.82, 2.24) is 0 Å². The van der Waals surface area contributed by atoms with Crippen LogP contribution in [0.5, 0.6) is 0 Å². The van der Waals surface area contributed by atoms with Gasteiger partial charge in [0.1, 0.15) is 11.7 Å². The van der Waals surface area contributed by atoms with Crippen molar-refractivity contribution in [2.45, 2.75) is 85.5 Å². The number of allylic oxidation sites excluding steroid dienone is 1. The standard InChI is InChI=1S/C27H42O4/c1-5-6-7-8-9-12-31-17-26-15-21-19(4)10-11-22(21)25(16-28)14-20(26)13-23(18(2)3)27(25,26)24(29)30/h13,16,18-22H,5-12,14-15,17H2,1-4H3,(H,29,30)/t19?,20-,21?,22?,25-,26-,27+/m0/s1. The van der Waals surface area contributed by atoms with Crippen molar-refractivity contribution in [1.29, 1.82) is 0 Å². The molecule has 0 aromatic rings. The van der Waals surface area contributed by atoms with Crippen LogP contribution in [0.2, 0.25) is 0 Å². The van der Waals surface area contributed by atoms with Crippen LogP contribution in [0.1, 0.15) is 85.5 Å². The number of fused-ring (bicyclic) bond motifs is 2. The molecule has 0 spiro atoms. The van der Waals surface area contributed by atoms with E-state index in [1.165, 1.54) is 25.7 Å². The number of aldehydes is 1. The van der Waals surface area contributed by atoms with Crippen LogP contribution in [0.15, 0.2) is 11.6 Å². The zero-order valence-corrected chi connectivity index (χ0v) is 20.0. The third-order valence-corrected chi connectivity index (χ3v) is 9.87. The predicted octanol–water partition coefficient (Wildman–Crippen LogP) is 5.90. The Labute approximate surface area is 188 Å². The quantitative estimate of drug-likeness (QED) is 0.252. The first kappa shape index (κ1) is 23.0. The molecule has 0 saturated heterocycles. The lowest BCUT2D eigenvalue weighted by Crippen LogP contribution is -2.63. The number of carboxylic acid groups (broad SMARTS) is 1. The highest BCUT2D eigenvalue weighted by atomic mass is 16.5. The van der Waals surface area contributed by atoms with Crippen molar-refractivity contribution in [2.75, 3.05) is 13.2 Å². The summed E-state index contributed by atoms with van der Waals surface area (Å²) in [5, 5.41) is 10.9. The maximum atomic E-state index is 13.3. The Kier molecular flexibility index (Phi) is 6.17. The van der Waals surface area contributed by atoms with Gasteiger partial charge in [0.05, 0.1) is 12.0 Å². The molecule has 0 aliphatic heterocycles. The van der Waals surface area contributed by atoms with Crippen LogP contribution in [-0.2, 0) is 14.3 Å². The molecule has 0 radical (unpaired) electrons. The van der Waals surface area contributed by atoms with Gasteiger partial charge in [-0.05, 0) is 55.3 Å². The van der Waals surface area contributed by atoms with Crippen LogP contribution >= 0.6 is 0 Å². The molecular formula is C27H42O4. The highest BCUT2D eigenvalue weighted by molar-refractivity contribution is 5.90. The number of carboxylic acids is 1. The number of rotatable bonds is 11. The van der Waals surface area contributed by atoms with E-state index in [1.54, 1.807) is 0 Å². The van der Waals surface area contributed by atoms with Gasteiger partial charge >= 0.3 is 5.97 Å².